The third-order valence-corrected chi connectivity index (χ3v) is 5.90. The Hall–Kier alpha value is -3.37. The Labute approximate surface area is 176 Å². The molecule has 0 saturated heterocycles. The largest absolute Gasteiger partial charge is 0.357 e. The number of hydrogen-bond acceptors (Lipinski definition) is 2. The minimum Gasteiger partial charge on any atom is -0.357 e. The molecular formula is C26H25N3O. The summed E-state index contributed by atoms with van der Waals surface area (Å²) in [4.78, 5) is 18.8. The summed E-state index contributed by atoms with van der Waals surface area (Å²) in [5, 5.41) is 4.35. The van der Waals surface area contributed by atoms with Gasteiger partial charge >= 0.3 is 0 Å². The number of nitrogens with zero attached hydrogens (tertiary/aromatic N) is 1. The number of carbonyl (C=O) groups excluding carboxylic acids is 1. The lowest BCUT2D eigenvalue weighted by atomic mass is 9.92. The number of nitrogens with one attached hydrogen (secondary N) is 2. The molecule has 4 heteroatoms. The van der Waals surface area contributed by atoms with Crippen LogP contribution in [0.5, 0.6) is 0 Å². The molecule has 3 aromatic carbocycles. The molecule has 0 radical (unpaired) electrons. The number of anilines is 1. The SMILES string of the molecule is Cc1cccc(NC(=O)CN2CCc3c([nH]c4ccccc34)C2c2ccccc2)c1. The van der Waals surface area contributed by atoms with E-state index in [0.717, 1.165) is 29.7 Å². The van der Waals surface area contributed by atoms with Gasteiger partial charge in [0, 0.05) is 28.8 Å². The van der Waals surface area contributed by atoms with Crippen LogP contribution in [0.3, 0.4) is 0 Å². The maximum absolute atomic E-state index is 12.9. The van der Waals surface area contributed by atoms with E-state index >= 15 is 0 Å². The van der Waals surface area contributed by atoms with Crippen molar-refractivity contribution in [3.8, 4) is 0 Å². The van der Waals surface area contributed by atoms with E-state index in [1.54, 1.807) is 0 Å². The van der Waals surface area contributed by atoms with Crippen molar-refractivity contribution in [3.05, 3.63) is 101 Å². The number of amides is 1. The van der Waals surface area contributed by atoms with E-state index in [1.807, 2.05) is 37.3 Å². The molecule has 0 saturated carbocycles. The number of fused-ring (bicyclic) bond motifs is 3. The summed E-state index contributed by atoms with van der Waals surface area (Å²) in [6, 6.07) is 26.9. The molecule has 1 aromatic heterocycles. The highest BCUT2D eigenvalue weighted by atomic mass is 16.2. The molecule has 0 bridgehead atoms. The van der Waals surface area contributed by atoms with Gasteiger partial charge in [-0.15, -0.1) is 0 Å². The normalized spacial score (nSPS) is 16.4. The van der Waals surface area contributed by atoms with Crippen molar-refractivity contribution in [3.63, 3.8) is 0 Å². The van der Waals surface area contributed by atoms with Crippen LogP contribution in [-0.4, -0.2) is 28.9 Å². The van der Waals surface area contributed by atoms with Crippen LogP contribution in [0.25, 0.3) is 10.9 Å². The third-order valence-electron chi connectivity index (χ3n) is 5.90. The van der Waals surface area contributed by atoms with E-state index in [0.29, 0.717) is 6.54 Å². The monoisotopic (exact) mass is 395 g/mol. The average Bonchev–Trinajstić information content (AvgIpc) is 3.13. The molecule has 1 aliphatic rings. The maximum Gasteiger partial charge on any atom is 0.238 e. The van der Waals surface area contributed by atoms with Gasteiger partial charge < -0.3 is 10.3 Å². The molecule has 1 unspecified atom stereocenters. The van der Waals surface area contributed by atoms with Crippen molar-refractivity contribution in [2.45, 2.75) is 19.4 Å². The van der Waals surface area contributed by atoms with Crippen molar-refractivity contribution in [1.82, 2.24) is 9.88 Å². The summed E-state index contributed by atoms with van der Waals surface area (Å²) < 4.78 is 0. The van der Waals surface area contributed by atoms with Crippen molar-refractivity contribution in [2.75, 3.05) is 18.4 Å². The highest BCUT2D eigenvalue weighted by molar-refractivity contribution is 5.92. The Morgan fingerprint density at radius 2 is 1.83 bits per heavy atom. The fourth-order valence-electron chi connectivity index (χ4n) is 4.58. The molecule has 5 rings (SSSR count). The fourth-order valence-corrected chi connectivity index (χ4v) is 4.58. The van der Waals surface area contributed by atoms with Gasteiger partial charge in [0.2, 0.25) is 5.91 Å². The Morgan fingerprint density at radius 3 is 2.67 bits per heavy atom. The number of aromatic amines is 1. The second-order valence-electron chi connectivity index (χ2n) is 8.01. The van der Waals surface area contributed by atoms with Gasteiger partial charge in [-0.2, -0.15) is 0 Å². The second-order valence-corrected chi connectivity index (χ2v) is 8.01. The second kappa shape index (κ2) is 7.81. The maximum atomic E-state index is 12.9. The number of benzene rings is 3. The van der Waals surface area contributed by atoms with Gasteiger partial charge in [-0.05, 0) is 48.2 Å². The van der Waals surface area contributed by atoms with Crippen molar-refractivity contribution in [2.24, 2.45) is 0 Å². The quantitative estimate of drug-likeness (QED) is 0.507. The molecule has 2 heterocycles. The molecule has 0 aliphatic carbocycles. The smallest absolute Gasteiger partial charge is 0.238 e. The summed E-state index contributed by atoms with van der Waals surface area (Å²) in [5.74, 6) is 0.0149. The van der Waals surface area contributed by atoms with Crippen molar-refractivity contribution >= 4 is 22.5 Å². The Morgan fingerprint density at radius 1 is 1.03 bits per heavy atom. The van der Waals surface area contributed by atoms with Crippen LogP contribution >= 0.6 is 0 Å². The molecule has 0 fully saturated rings. The predicted molar refractivity (Wildman–Crippen MR) is 122 cm³/mol. The topological polar surface area (TPSA) is 48.1 Å². The Bertz CT molecular complexity index is 1200. The predicted octanol–water partition coefficient (Wildman–Crippen LogP) is 5.06. The van der Waals surface area contributed by atoms with Gasteiger partial charge in [-0.25, -0.2) is 0 Å². The van der Waals surface area contributed by atoms with Gasteiger partial charge in [0.25, 0.3) is 0 Å². The first kappa shape index (κ1) is 18.6. The van der Waals surface area contributed by atoms with Gasteiger partial charge in [-0.1, -0.05) is 60.7 Å². The van der Waals surface area contributed by atoms with E-state index in [2.05, 4.69) is 63.7 Å². The molecule has 1 atom stereocenters. The summed E-state index contributed by atoms with van der Waals surface area (Å²) >= 11 is 0. The van der Waals surface area contributed by atoms with Crippen LogP contribution in [0.15, 0.2) is 78.9 Å². The first-order valence-electron chi connectivity index (χ1n) is 10.4. The van der Waals surface area contributed by atoms with Crippen LogP contribution in [0, 0.1) is 6.92 Å². The number of aryl methyl sites for hydroxylation is 1. The number of carbonyl (C=O) groups is 1. The number of hydrogen-bond donors (Lipinski definition) is 2. The fraction of sp³-hybridized carbons (Fsp3) is 0.192. The van der Waals surface area contributed by atoms with E-state index in [4.69, 9.17) is 0 Å². The van der Waals surface area contributed by atoms with Crippen molar-refractivity contribution in [1.29, 1.82) is 0 Å². The van der Waals surface area contributed by atoms with Crippen LogP contribution in [0.4, 0.5) is 5.69 Å². The lowest BCUT2D eigenvalue weighted by Gasteiger charge is -2.35. The first-order chi connectivity index (χ1) is 14.7. The van der Waals surface area contributed by atoms with Gasteiger partial charge in [-0.3, -0.25) is 9.69 Å². The van der Waals surface area contributed by atoms with E-state index in [9.17, 15) is 4.79 Å². The Balaban J connectivity index is 1.47. The number of rotatable bonds is 4. The molecule has 4 aromatic rings. The van der Waals surface area contributed by atoms with Gasteiger partial charge in [0.1, 0.15) is 0 Å². The zero-order valence-electron chi connectivity index (χ0n) is 17.1. The minimum atomic E-state index is 0.0149. The van der Waals surface area contributed by atoms with Gasteiger partial charge in [0.05, 0.1) is 12.6 Å². The number of aromatic nitrogens is 1. The summed E-state index contributed by atoms with van der Waals surface area (Å²) in [6.45, 7) is 3.22. The lowest BCUT2D eigenvalue weighted by molar-refractivity contribution is -0.117. The number of H-pyrrole nitrogens is 1. The van der Waals surface area contributed by atoms with Crippen molar-refractivity contribution < 1.29 is 4.79 Å². The number of para-hydroxylation sites is 1. The van der Waals surface area contributed by atoms with Crippen LogP contribution < -0.4 is 5.32 Å². The van der Waals surface area contributed by atoms with E-state index < -0.39 is 0 Å². The third kappa shape index (κ3) is 3.51. The molecule has 1 aliphatic heterocycles. The van der Waals surface area contributed by atoms with E-state index in [-0.39, 0.29) is 11.9 Å². The van der Waals surface area contributed by atoms with Crippen LogP contribution in [0.1, 0.15) is 28.4 Å². The summed E-state index contributed by atoms with van der Waals surface area (Å²) in [5.41, 5.74) is 6.92. The highest BCUT2D eigenvalue weighted by Gasteiger charge is 2.32. The first-order valence-corrected chi connectivity index (χ1v) is 10.4. The zero-order chi connectivity index (χ0) is 20.5. The molecular weight excluding hydrogens is 370 g/mol. The summed E-state index contributed by atoms with van der Waals surface area (Å²) in [7, 11) is 0. The van der Waals surface area contributed by atoms with E-state index in [1.165, 1.54) is 22.2 Å². The molecule has 1 amide bonds. The van der Waals surface area contributed by atoms with Crippen LogP contribution in [-0.2, 0) is 11.2 Å². The highest BCUT2D eigenvalue weighted by Crippen LogP contribution is 2.38. The molecule has 0 spiro atoms. The molecule has 150 valence electrons. The Kier molecular flexibility index (Phi) is 4.85. The lowest BCUT2D eigenvalue weighted by Crippen LogP contribution is -2.41. The summed E-state index contributed by atoms with van der Waals surface area (Å²) in [6.07, 6.45) is 0.931. The average molecular weight is 396 g/mol. The minimum absolute atomic E-state index is 0.0149. The molecule has 2 N–H and O–H groups in total. The molecule has 4 nitrogen and oxygen atoms in total. The van der Waals surface area contributed by atoms with Crippen LogP contribution in [0.2, 0.25) is 0 Å². The zero-order valence-corrected chi connectivity index (χ0v) is 17.1. The molecule has 30 heavy (non-hydrogen) atoms. The standard InChI is InChI=1S/C26H25N3O/c1-18-8-7-11-20(16-18)27-24(30)17-29-15-14-22-21-12-5-6-13-23(21)28-25(22)26(29)19-9-3-2-4-10-19/h2-13,16,26,28H,14-15,17H2,1H3,(H,27,30). The van der Waals surface area contributed by atoms with Gasteiger partial charge in [0.15, 0.2) is 0 Å².